The van der Waals surface area contributed by atoms with Crippen molar-refractivity contribution in [3.05, 3.63) is 123 Å². The molecule has 3 amide bonds. The Bertz CT molecular complexity index is 2300. The molecule has 2 aliphatic heterocycles. The monoisotopic (exact) mass is 920 g/mol. The fourth-order valence-electron chi connectivity index (χ4n) is 9.26. The lowest BCUT2D eigenvalue weighted by Gasteiger charge is -2.54. The molecule has 5 atom stereocenters. The van der Waals surface area contributed by atoms with Crippen molar-refractivity contribution in [1.82, 2.24) is 20.5 Å². The highest BCUT2D eigenvalue weighted by Crippen LogP contribution is 2.49. The summed E-state index contributed by atoms with van der Waals surface area (Å²) in [6, 6.07) is 21.0. The Hall–Kier alpha value is -5.36. The maximum absolute atomic E-state index is 15.6. The number of amides is 3. The summed E-state index contributed by atoms with van der Waals surface area (Å²) in [4.78, 5) is 52.3. The minimum absolute atomic E-state index is 0.000493. The van der Waals surface area contributed by atoms with Gasteiger partial charge < -0.3 is 34.1 Å². The molecule has 2 bridgehead atoms. The molecule has 0 radical (unpaired) electrons. The average Bonchev–Trinajstić information content (AvgIpc) is 4.14. The zero-order valence-electron chi connectivity index (χ0n) is 36.6. The number of carbonyl (C=O) groups excluding carboxylic acids is 3. The van der Waals surface area contributed by atoms with Crippen LogP contribution in [0.3, 0.4) is 0 Å². The summed E-state index contributed by atoms with van der Waals surface area (Å²) in [6.07, 6.45) is 2.98. The number of benzene rings is 4. The third kappa shape index (κ3) is 11.7. The zero-order valence-corrected chi connectivity index (χ0v) is 37.3. The fourth-order valence-corrected chi connectivity index (χ4v) is 9.47. The number of hydrogen-bond donors (Lipinski definition) is 3. The van der Waals surface area contributed by atoms with E-state index in [0.29, 0.717) is 50.9 Å². The smallest absolute Gasteiger partial charge is 0.415 e. The number of aryl methyl sites for hydroxylation is 2. The third-order valence-electron chi connectivity index (χ3n) is 12.5. The van der Waals surface area contributed by atoms with Crippen LogP contribution in [0.5, 0.6) is 17.2 Å². The molecule has 5 unspecified atom stereocenters. The van der Waals surface area contributed by atoms with E-state index in [2.05, 4.69) is 5.32 Å². The molecule has 348 valence electrons. The standard InChI is InChI=1S/C48H55ClF2N4O10/c1-29-22-31(11-18-42(29)62-3)27-53(35-14-15-35)47(57)43-38(33-12-9-30(10-13-33)7-5-20-63-45-40(51)17-16-39(50)44(45)49)26-36-24-34(46(56)52-19-21-61-2)25-41(43)54(36)48(58)65-37-8-4-6-32(23-37)28-64-55(59)60/h4,6,8-13,16-18,22-23,34-36,38,41,43,59-60H,5,7,14-15,19-21,24-28H2,1-3H3,(H,52,56). The van der Waals surface area contributed by atoms with Gasteiger partial charge in [0.15, 0.2) is 11.6 Å². The van der Waals surface area contributed by atoms with E-state index in [1.54, 1.807) is 43.4 Å². The predicted molar refractivity (Wildman–Crippen MR) is 233 cm³/mol. The second-order valence-electron chi connectivity index (χ2n) is 16.9. The van der Waals surface area contributed by atoms with Crippen molar-refractivity contribution < 1.29 is 57.4 Å². The van der Waals surface area contributed by atoms with Crippen molar-refractivity contribution in [2.45, 2.75) is 89.1 Å². The lowest BCUT2D eigenvalue weighted by Crippen LogP contribution is -2.64. The molecule has 4 aromatic rings. The Kier molecular flexibility index (Phi) is 15.9. The van der Waals surface area contributed by atoms with E-state index in [4.69, 9.17) is 45.8 Å². The Morgan fingerprint density at radius 2 is 1.65 bits per heavy atom. The minimum Gasteiger partial charge on any atom is -0.496 e. The van der Waals surface area contributed by atoms with Crippen LogP contribution in [-0.4, -0.2) is 95.6 Å². The number of rotatable bonds is 19. The number of nitrogens with zero attached hydrogens (tertiary/aromatic N) is 3. The van der Waals surface area contributed by atoms with E-state index in [9.17, 15) is 18.4 Å². The minimum atomic E-state index is -0.768. The first-order chi connectivity index (χ1) is 31.3. The van der Waals surface area contributed by atoms with Crippen molar-refractivity contribution in [3.63, 3.8) is 0 Å². The van der Waals surface area contributed by atoms with Gasteiger partial charge in [-0.1, -0.05) is 60.1 Å². The Morgan fingerprint density at radius 1 is 0.892 bits per heavy atom. The van der Waals surface area contributed by atoms with Gasteiger partial charge in [-0.2, -0.15) is 0 Å². The van der Waals surface area contributed by atoms with Crippen LogP contribution in [0.1, 0.15) is 72.3 Å². The Labute approximate surface area is 381 Å². The van der Waals surface area contributed by atoms with E-state index >= 15 is 4.79 Å². The van der Waals surface area contributed by atoms with E-state index in [0.717, 1.165) is 53.0 Å². The quantitative estimate of drug-likeness (QED) is 0.0473. The van der Waals surface area contributed by atoms with Crippen LogP contribution in [0.25, 0.3) is 0 Å². The summed E-state index contributed by atoms with van der Waals surface area (Å²) in [5.41, 5.74) is 4.25. The molecule has 65 heavy (non-hydrogen) atoms. The van der Waals surface area contributed by atoms with Gasteiger partial charge in [0.25, 0.3) is 0 Å². The first kappa shape index (κ1) is 47.6. The Balaban J connectivity index is 1.20. The normalized spacial score (nSPS) is 20.3. The first-order valence-corrected chi connectivity index (χ1v) is 22.2. The molecule has 1 aliphatic carbocycles. The third-order valence-corrected chi connectivity index (χ3v) is 12.8. The van der Waals surface area contributed by atoms with Crippen LogP contribution in [0.15, 0.2) is 78.9 Å². The van der Waals surface area contributed by atoms with Gasteiger partial charge in [-0.3, -0.25) is 20.0 Å². The molecule has 3 aliphatic rings. The highest BCUT2D eigenvalue weighted by molar-refractivity contribution is 6.32. The highest BCUT2D eigenvalue weighted by Gasteiger charge is 2.55. The van der Waals surface area contributed by atoms with Gasteiger partial charge in [-0.15, -0.1) is 0 Å². The molecule has 7 rings (SSSR count). The molecule has 17 heteroatoms. The molecule has 2 heterocycles. The van der Waals surface area contributed by atoms with Crippen molar-refractivity contribution in [2.24, 2.45) is 11.8 Å². The summed E-state index contributed by atoms with van der Waals surface area (Å²) in [5, 5.41) is 20.3. The molecule has 2 saturated heterocycles. The van der Waals surface area contributed by atoms with Crippen LogP contribution in [0, 0.1) is 30.4 Å². The van der Waals surface area contributed by atoms with Gasteiger partial charge in [0.1, 0.15) is 22.3 Å². The number of methoxy groups -OCH3 is 2. The molecule has 3 fully saturated rings. The average molecular weight is 921 g/mol. The maximum Gasteiger partial charge on any atom is 0.415 e. The molecule has 3 N–H and O–H groups in total. The summed E-state index contributed by atoms with van der Waals surface area (Å²) in [7, 11) is 3.17. The van der Waals surface area contributed by atoms with Gasteiger partial charge in [-0.25, -0.2) is 18.4 Å². The van der Waals surface area contributed by atoms with Crippen LogP contribution >= 0.6 is 11.6 Å². The summed E-state index contributed by atoms with van der Waals surface area (Å²) < 4.78 is 50.5. The number of nitrogens with one attached hydrogen (secondary N) is 1. The topological polar surface area (TPSA) is 160 Å². The zero-order chi connectivity index (χ0) is 46.2. The van der Waals surface area contributed by atoms with E-state index in [-0.39, 0.29) is 54.9 Å². The van der Waals surface area contributed by atoms with Gasteiger partial charge in [-0.05, 0) is 116 Å². The second-order valence-corrected chi connectivity index (χ2v) is 17.2. The first-order valence-electron chi connectivity index (χ1n) is 21.8. The van der Waals surface area contributed by atoms with Gasteiger partial charge >= 0.3 is 6.09 Å². The largest absolute Gasteiger partial charge is 0.496 e. The highest BCUT2D eigenvalue weighted by atomic mass is 35.5. The van der Waals surface area contributed by atoms with Crippen molar-refractivity contribution in [3.8, 4) is 17.2 Å². The number of fused-ring (bicyclic) bond motifs is 2. The van der Waals surface area contributed by atoms with Crippen LogP contribution < -0.4 is 19.5 Å². The number of ether oxygens (including phenoxy) is 4. The van der Waals surface area contributed by atoms with Crippen LogP contribution in [-0.2, 0) is 38.7 Å². The number of hydrogen-bond acceptors (Lipinski definition) is 11. The lowest BCUT2D eigenvalue weighted by molar-refractivity contribution is -0.497. The Morgan fingerprint density at radius 3 is 2.35 bits per heavy atom. The fraction of sp³-hybridized carbons (Fsp3) is 0.438. The van der Waals surface area contributed by atoms with E-state index in [1.807, 2.05) is 54.3 Å². The van der Waals surface area contributed by atoms with Crippen molar-refractivity contribution in [2.75, 3.05) is 34.0 Å². The molecule has 14 nitrogen and oxygen atoms in total. The number of carbonyl (C=O) groups is 3. The van der Waals surface area contributed by atoms with Crippen molar-refractivity contribution >= 4 is 29.5 Å². The SMILES string of the molecule is COCCNC(=O)C1CC2CC(c3ccc(CCCOc4c(F)ccc(F)c4Cl)cc3)C(C(=O)N(Cc3ccc(OC)c(C)c3)C3CC3)C(C1)N2C(=O)Oc1cccc(CON(O)O)c1. The van der Waals surface area contributed by atoms with Gasteiger partial charge in [0.05, 0.1) is 38.2 Å². The summed E-state index contributed by atoms with van der Waals surface area (Å²) in [6.45, 7) is 2.83. The molecular formula is C48H55ClF2N4O10. The maximum atomic E-state index is 15.6. The molecular weight excluding hydrogens is 866 g/mol. The summed E-state index contributed by atoms with van der Waals surface area (Å²) in [5.74, 6) is -2.80. The second kappa shape index (κ2) is 21.8. The number of piperidine rings is 2. The predicted octanol–water partition coefficient (Wildman–Crippen LogP) is 8.16. The van der Waals surface area contributed by atoms with Gasteiger partial charge in [0.2, 0.25) is 11.8 Å². The van der Waals surface area contributed by atoms with Crippen LogP contribution in [0.2, 0.25) is 5.02 Å². The lowest BCUT2D eigenvalue weighted by atomic mass is 9.65. The molecule has 4 aromatic carbocycles. The molecule has 0 aromatic heterocycles. The van der Waals surface area contributed by atoms with Crippen LogP contribution in [0.4, 0.5) is 13.6 Å². The van der Waals surface area contributed by atoms with Gasteiger partial charge in [0, 0.05) is 44.2 Å². The molecule has 1 saturated carbocycles. The molecule has 0 spiro atoms. The van der Waals surface area contributed by atoms with Crippen molar-refractivity contribution in [1.29, 1.82) is 0 Å². The van der Waals surface area contributed by atoms with E-state index < -0.39 is 52.1 Å². The van der Waals surface area contributed by atoms with E-state index in [1.165, 1.54) is 0 Å². The summed E-state index contributed by atoms with van der Waals surface area (Å²) >= 11 is 5.95. The number of halogens is 3.